The Morgan fingerprint density at radius 1 is 1.09 bits per heavy atom. The second-order valence-electron chi connectivity index (χ2n) is 9.08. The monoisotopic (exact) mass is 466 g/mol. The maximum absolute atomic E-state index is 9.76. The van der Waals surface area contributed by atoms with E-state index in [0.717, 1.165) is 66.7 Å². The van der Waals surface area contributed by atoms with Gasteiger partial charge in [-0.3, -0.25) is 14.9 Å². The van der Waals surface area contributed by atoms with Crippen molar-refractivity contribution in [3.63, 3.8) is 0 Å². The summed E-state index contributed by atoms with van der Waals surface area (Å²) in [5, 5.41) is 17.9. The number of ether oxygens (including phenoxy) is 1. The lowest BCUT2D eigenvalue weighted by Gasteiger charge is -2.34. The van der Waals surface area contributed by atoms with Crippen LogP contribution in [-0.4, -0.2) is 57.4 Å². The number of fused-ring (bicyclic) bond motifs is 1. The lowest BCUT2D eigenvalue weighted by Crippen LogP contribution is -2.41. The van der Waals surface area contributed by atoms with E-state index >= 15 is 0 Å². The third-order valence-corrected chi connectivity index (χ3v) is 7.03. The third-order valence-electron chi connectivity index (χ3n) is 6.77. The van der Waals surface area contributed by atoms with Crippen LogP contribution in [0.25, 0.3) is 11.3 Å². The van der Waals surface area contributed by atoms with Crippen LogP contribution in [0.3, 0.4) is 0 Å². The summed E-state index contributed by atoms with van der Waals surface area (Å²) in [5.41, 5.74) is 5.78. The van der Waals surface area contributed by atoms with Crippen LogP contribution in [0, 0.1) is 0 Å². The highest BCUT2D eigenvalue weighted by molar-refractivity contribution is 6.30. The number of piperidine rings is 1. The fraction of sp³-hybridized carbons (Fsp3) is 0.423. The van der Waals surface area contributed by atoms with Crippen LogP contribution in [0.5, 0.6) is 5.75 Å². The Kier molecular flexibility index (Phi) is 6.97. The average Bonchev–Trinajstić information content (AvgIpc) is 3.19. The van der Waals surface area contributed by atoms with Crippen molar-refractivity contribution in [1.82, 2.24) is 20.0 Å². The molecule has 7 heteroatoms. The first-order valence-corrected chi connectivity index (χ1v) is 12.2. The van der Waals surface area contributed by atoms with E-state index in [9.17, 15) is 5.11 Å². The molecule has 2 aliphatic heterocycles. The zero-order chi connectivity index (χ0) is 22.6. The first-order valence-electron chi connectivity index (χ1n) is 11.8. The molecule has 0 spiro atoms. The molecule has 33 heavy (non-hydrogen) atoms. The number of nitrogens with one attached hydrogen (secondary N) is 1. The van der Waals surface area contributed by atoms with Crippen molar-refractivity contribution in [2.75, 3.05) is 26.3 Å². The zero-order valence-corrected chi connectivity index (χ0v) is 19.6. The van der Waals surface area contributed by atoms with Crippen molar-refractivity contribution in [1.29, 1.82) is 0 Å². The molecule has 3 heterocycles. The molecule has 3 aromatic rings. The van der Waals surface area contributed by atoms with Crippen LogP contribution >= 0.6 is 11.6 Å². The smallest absolute Gasteiger partial charge is 0.123 e. The molecule has 0 bridgehead atoms. The van der Waals surface area contributed by atoms with Crippen molar-refractivity contribution in [3.8, 4) is 17.0 Å². The first-order chi connectivity index (χ1) is 16.2. The molecule has 6 nitrogen and oxygen atoms in total. The Morgan fingerprint density at radius 3 is 2.82 bits per heavy atom. The van der Waals surface area contributed by atoms with E-state index in [-0.39, 0.29) is 12.6 Å². The lowest BCUT2D eigenvalue weighted by atomic mass is 10.0. The van der Waals surface area contributed by atoms with Gasteiger partial charge in [0, 0.05) is 48.4 Å². The summed E-state index contributed by atoms with van der Waals surface area (Å²) in [6.07, 6.45) is 5.41. The Bertz CT molecular complexity index is 1070. The minimum atomic E-state index is 0.239. The fourth-order valence-corrected chi connectivity index (χ4v) is 5.11. The van der Waals surface area contributed by atoms with Crippen molar-refractivity contribution in [2.45, 2.75) is 44.9 Å². The van der Waals surface area contributed by atoms with Crippen molar-refractivity contribution in [2.24, 2.45) is 0 Å². The highest BCUT2D eigenvalue weighted by atomic mass is 35.5. The second-order valence-corrected chi connectivity index (χ2v) is 9.52. The van der Waals surface area contributed by atoms with E-state index in [1.807, 2.05) is 30.5 Å². The molecule has 2 N–H and O–H groups in total. The van der Waals surface area contributed by atoms with Gasteiger partial charge in [0.25, 0.3) is 0 Å². The quantitative estimate of drug-likeness (QED) is 0.561. The summed E-state index contributed by atoms with van der Waals surface area (Å²) >= 11 is 6.06. The molecule has 2 aliphatic rings. The molecular weight excluding hydrogens is 436 g/mol. The number of benzene rings is 2. The van der Waals surface area contributed by atoms with E-state index < -0.39 is 0 Å². The SMILES string of the molecule is OCC1CCCCN1Cc1ccc2c(c1)CN(Cc1cn[nH]c1-c1ccc(Cl)cc1)CCO2. The van der Waals surface area contributed by atoms with Gasteiger partial charge in [-0.25, -0.2) is 0 Å². The Hall–Kier alpha value is -2.38. The molecule has 0 radical (unpaired) electrons. The number of hydrogen-bond donors (Lipinski definition) is 2. The maximum Gasteiger partial charge on any atom is 0.123 e. The number of aromatic nitrogens is 2. The number of nitrogens with zero attached hydrogens (tertiary/aromatic N) is 3. The Balaban J connectivity index is 1.31. The van der Waals surface area contributed by atoms with Crippen LogP contribution < -0.4 is 4.74 Å². The molecule has 0 aliphatic carbocycles. The van der Waals surface area contributed by atoms with Crippen LogP contribution in [0.4, 0.5) is 0 Å². The maximum atomic E-state index is 9.76. The van der Waals surface area contributed by atoms with Gasteiger partial charge in [-0.15, -0.1) is 0 Å². The number of rotatable bonds is 6. The number of halogens is 1. The van der Waals surface area contributed by atoms with Gasteiger partial charge in [0.05, 0.1) is 18.5 Å². The number of aliphatic hydroxyl groups excluding tert-OH is 1. The average molecular weight is 467 g/mol. The molecule has 1 aromatic heterocycles. The molecule has 5 rings (SSSR count). The van der Waals surface area contributed by atoms with E-state index in [0.29, 0.717) is 6.61 Å². The molecule has 2 aromatic carbocycles. The summed E-state index contributed by atoms with van der Waals surface area (Å²) in [6, 6.07) is 14.7. The number of hydrogen-bond acceptors (Lipinski definition) is 5. The minimum Gasteiger partial charge on any atom is -0.492 e. The highest BCUT2D eigenvalue weighted by Crippen LogP contribution is 2.29. The normalized spacial score (nSPS) is 19.6. The fourth-order valence-electron chi connectivity index (χ4n) is 4.98. The topological polar surface area (TPSA) is 64.6 Å². The minimum absolute atomic E-state index is 0.239. The van der Waals surface area contributed by atoms with Gasteiger partial charge >= 0.3 is 0 Å². The number of aliphatic hydroxyl groups is 1. The molecule has 1 saturated heterocycles. The van der Waals surface area contributed by atoms with Crippen molar-refractivity contribution in [3.05, 3.63) is 70.4 Å². The van der Waals surface area contributed by atoms with Gasteiger partial charge < -0.3 is 9.84 Å². The summed E-state index contributed by atoms with van der Waals surface area (Å²) in [5.74, 6) is 0.976. The summed E-state index contributed by atoms with van der Waals surface area (Å²) in [7, 11) is 0. The third kappa shape index (κ3) is 5.25. The van der Waals surface area contributed by atoms with Crippen molar-refractivity contribution >= 4 is 11.6 Å². The number of H-pyrrole nitrogens is 1. The van der Waals surface area contributed by atoms with E-state index in [1.54, 1.807) is 0 Å². The summed E-state index contributed by atoms with van der Waals surface area (Å²) in [4.78, 5) is 4.84. The number of likely N-dealkylation sites (tertiary alicyclic amines) is 1. The number of aromatic amines is 1. The predicted molar refractivity (Wildman–Crippen MR) is 130 cm³/mol. The van der Waals surface area contributed by atoms with Gasteiger partial charge in [-0.05, 0) is 54.8 Å². The largest absolute Gasteiger partial charge is 0.492 e. The summed E-state index contributed by atoms with van der Waals surface area (Å²) < 4.78 is 6.08. The molecule has 0 amide bonds. The lowest BCUT2D eigenvalue weighted by molar-refractivity contribution is 0.0841. The predicted octanol–water partition coefficient (Wildman–Crippen LogP) is 4.47. The molecule has 1 unspecified atom stereocenters. The van der Waals surface area contributed by atoms with Crippen LogP contribution in [-0.2, 0) is 19.6 Å². The summed E-state index contributed by atoms with van der Waals surface area (Å²) in [6.45, 7) is 5.31. The molecule has 174 valence electrons. The van der Waals surface area contributed by atoms with Gasteiger partial charge in [-0.2, -0.15) is 5.10 Å². The second kappa shape index (κ2) is 10.3. The Labute approximate surface area is 200 Å². The van der Waals surface area contributed by atoms with E-state index in [2.05, 4.69) is 38.2 Å². The first kappa shape index (κ1) is 22.4. The van der Waals surface area contributed by atoms with Gasteiger partial charge in [0.15, 0.2) is 0 Å². The van der Waals surface area contributed by atoms with E-state index in [1.165, 1.54) is 24.0 Å². The van der Waals surface area contributed by atoms with E-state index in [4.69, 9.17) is 16.3 Å². The van der Waals surface area contributed by atoms with Crippen LogP contribution in [0.15, 0.2) is 48.7 Å². The van der Waals surface area contributed by atoms with Gasteiger partial charge in [-0.1, -0.05) is 36.2 Å². The van der Waals surface area contributed by atoms with Gasteiger partial charge in [0.2, 0.25) is 0 Å². The molecule has 0 saturated carbocycles. The van der Waals surface area contributed by atoms with Crippen LogP contribution in [0.2, 0.25) is 5.02 Å². The van der Waals surface area contributed by atoms with Crippen LogP contribution in [0.1, 0.15) is 36.0 Å². The Morgan fingerprint density at radius 2 is 1.97 bits per heavy atom. The zero-order valence-electron chi connectivity index (χ0n) is 18.8. The standard InChI is InChI=1S/C26H31ClN4O2/c27-23-7-5-20(6-8-23)26-22(14-28-29-26)17-30-11-12-33-25-9-4-19(13-21(25)16-30)15-31-10-2-1-3-24(31)18-32/h4-9,13-14,24,32H,1-3,10-12,15-18H2,(H,28,29). The molecular formula is C26H31ClN4O2. The highest BCUT2D eigenvalue weighted by Gasteiger charge is 2.23. The van der Waals surface area contributed by atoms with Gasteiger partial charge in [0.1, 0.15) is 12.4 Å². The van der Waals surface area contributed by atoms with Crippen molar-refractivity contribution < 1.29 is 9.84 Å². The molecule has 1 atom stereocenters. The molecule has 1 fully saturated rings.